The van der Waals surface area contributed by atoms with E-state index < -0.39 is 163 Å². The molecule has 2 aromatic rings. The van der Waals surface area contributed by atoms with Gasteiger partial charge >= 0.3 is 11.9 Å². The van der Waals surface area contributed by atoms with Gasteiger partial charge in [0, 0.05) is 31.9 Å². The zero-order chi connectivity index (χ0) is 53.0. The molecule has 0 heterocycles. The normalized spacial score (nSPS) is 11.6. The minimum absolute atomic E-state index is 0.00919. The van der Waals surface area contributed by atoms with Crippen LogP contribution in [0, 0.1) is 41.8 Å². The molecule has 1 unspecified atom stereocenters. The fourth-order valence-corrected chi connectivity index (χ4v) is 5.15. The quantitative estimate of drug-likeness (QED) is 0.0377. The summed E-state index contributed by atoms with van der Waals surface area (Å²) in [6, 6.07) is 1.06. The lowest BCUT2D eigenvalue weighted by Crippen LogP contribution is -2.54. The number of carboxylic acids is 2. The van der Waals surface area contributed by atoms with Gasteiger partial charge in [0.1, 0.15) is 23.9 Å². The van der Waals surface area contributed by atoms with Gasteiger partial charge in [-0.25, -0.2) is 26.3 Å². The topological polar surface area (TPSA) is 313 Å². The molecule has 384 valence electrons. The molecule has 0 saturated heterocycles. The van der Waals surface area contributed by atoms with E-state index in [4.69, 9.17) is 15.9 Å². The number of rotatable bonds is 25. The zero-order valence-corrected chi connectivity index (χ0v) is 39.0. The molecule has 0 spiro atoms. The van der Waals surface area contributed by atoms with E-state index in [1.807, 2.05) is 24.0 Å². The molecule has 2 aromatic carbocycles. The fourth-order valence-electron chi connectivity index (χ4n) is 5.15. The van der Waals surface area contributed by atoms with Crippen molar-refractivity contribution in [3.05, 3.63) is 70.3 Å². The molecule has 27 heteroatoms. The number of nitrogens with zero attached hydrogens (tertiary/aromatic N) is 1. The van der Waals surface area contributed by atoms with E-state index in [2.05, 4.69) is 39.8 Å². The van der Waals surface area contributed by atoms with E-state index in [9.17, 15) is 74.3 Å². The highest BCUT2D eigenvalue weighted by Gasteiger charge is 2.28. The molecule has 3 atom stereocenters. The number of hydrogen-bond acceptors (Lipinski definition) is 11. The first-order chi connectivity index (χ1) is 32.3. The van der Waals surface area contributed by atoms with Crippen molar-refractivity contribution in [2.75, 3.05) is 45.2 Å². The van der Waals surface area contributed by atoms with Gasteiger partial charge in [0.2, 0.25) is 53.1 Å². The number of unbranched alkanes of at least 4 members (excludes halogenated alkanes) is 1. The van der Waals surface area contributed by atoms with E-state index in [0.29, 0.717) is 6.42 Å². The van der Waals surface area contributed by atoms with Crippen molar-refractivity contribution in [3.63, 3.8) is 0 Å². The van der Waals surface area contributed by atoms with Gasteiger partial charge in [0.15, 0.2) is 23.3 Å². The third-order valence-corrected chi connectivity index (χ3v) is 9.50. The number of thioether (sulfide) groups is 1. The minimum Gasteiger partial charge on any atom is -0.481 e. The molecule has 0 aromatic heterocycles. The Bertz CT molecular complexity index is 2030. The van der Waals surface area contributed by atoms with Crippen LogP contribution < -0.4 is 37.6 Å². The predicted molar refractivity (Wildman–Crippen MR) is 235 cm³/mol. The van der Waals surface area contributed by atoms with Crippen molar-refractivity contribution >= 4 is 71.0 Å². The zero-order valence-electron chi connectivity index (χ0n) is 38.2. The van der Waals surface area contributed by atoms with Crippen LogP contribution in [0.4, 0.5) is 26.3 Å². The summed E-state index contributed by atoms with van der Waals surface area (Å²) in [5, 5.41) is 31.3. The Morgan fingerprint density at radius 1 is 0.667 bits per heavy atom. The number of primary amides is 1. The lowest BCUT2D eigenvalue weighted by Gasteiger charge is -2.24. The Hall–Kier alpha value is -6.93. The maximum Gasteiger partial charge on any atom is 0.305 e. The van der Waals surface area contributed by atoms with Crippen LogP contribution in [0.1, 0.15) is 63.5 Å². The SMILES string of the molecule is CCCCC(=O)N[C@@H](CCC(=O)O)C(=O)N(C)CC(=O)NCC(=O)NCC(=O)NC(Cc1ccccc1F)C(=O)NCC(=O)N[C@@H](CC(=O)O)C(N)=O.CCSC.Cc1c(F)c(F)c(F)c(F)c1F. The summed E-state index contributed by atoms with van der Waals surface area (Å²) >= 11 is 1.86. The number of amides is 8. The molecular formula is C42H56F6N8O12S. The van der Waals surface area contributed by atoms with Gasteiger partial charge in [-0.1, -0.05) is 38.5 Å². The molecule has 0 radical (unpaired) electrons. The molecule has 2 rings (SSSR count). The van der Waals surface area contributed by atoms with Crippen molar-refractivity contribution in [2.45, 2.75) is 83.8 Å². The van der Waals surface area contributed by atoms with Crippen LogP contribution in [0.25, 0.3) is 0 Å². The van der Waals surface area contributed by atoms with Crippen molar-refractivity contribution in [2.24, 2.45) is 5.73 Å². The van der Waals surface area contributed by atoms with Gasteiger partial charge in [0.25, 0.3) is 0 Å². The number of nitrogens with one attached hydrogen (secondary N) is 6. The number of hydrogen-bond donors (Lipinski definition) is 9. The summed E-state index contributed by atoms with van der Waals surface area (Å²) in [6.45, 7) is 2.12. The van der Waals surface area contributed by atoms with Crippen molar-refractivity contribution in [1.82, 2.24) is 36.8 Å². The second-order valence-corrected chi connectivity index (χ2v) is 15.6. The molecule has 10 N–H and O–H groups in total. The number of carbonyl (C=O) groups excluding carboxylic acids is 8. The highest BCUT2D eigenvalue weighted by Crippen LogP contribution is 2.21. The predicted octanol–water partition coefficient (Wildman–Crippen LogP) is 0.704. The number of carboxylic acid groups (broad SMARTS) is 2. The Morgan fingerprint density at radius 2 is 1.16 bits per heavy atom. The average molecular weight is 1010 g/mol. The third kappa shape index (κ3) is 24.6. The number of carbonyl (C=O) groups is 10. The first-order valence-corrected chi connectivity index (χ1v) is 22.1. The molecule has 0 fully saturated rings. The summed E-state index contributed by atoms with van der Waals surface area (Å²) in [4.78, 5) is 122. The number of likely N-dealkylation sites (N-methyl/N-ethyl adjacent to an activating group) is 1. The van der Waals surface area contributed by atoms with Crippen LogP contribution in [-0.2, 0) is 54.4 Å². The maximum atomic E-state index is 14.4. The van der Waals surface area contributed by atoms with Crippen molar-refractivity contribution in [1.29, 1.82) is 0 Å². The largest absolute Gasteiger partial charge is 0.481 e. The summed E-state index contributed by atoms with van der Waals surface area (Å²) in [5.41, 5.74) is 4.22. The molecule has 0 aliphatic rings. The smallest absolute Gasteiger partial charge is 0.305 e. The van der Waals surface area contributed by atoms with E-state index in [1.165, 1.54) is 31.0 Å². The first-order valence-electron chi connectivity index (χ1n) is 20.7. The van der Waals surface area contributed by atoms with Crippen LogP contribution >= 0.6 is 11.8 Å². The molecule has 0 aliphatic heterocycles. The van der Waals surface area contributed by atoms with Gasteiger partial charge in [-0.2, -0.15) is 11.8 Å². The van der Waals surface area contributed by atoms with Gasteiger partial charge in [-0.15, -0.1) is 0 Å². The summed E-state index contributed by atoms with van der Waals surface area (Å²) in [6.07, 6.45) is 1.65. The van der Waals surface area contributed by atoms with E-state index in [0.717, 1.165) is 24.3 Å². The molecule has 0 aliphatic carbocycles. The highest BCUT2D eigenvalue weighted by atomic mass is 32.2. The van der Waals surface area contributed by atoms with Crippen molar-refractivity contribution in [3.8, 4) is 0 Å². The Balaban J connectivity index is 0.00000243. The van der Waals surface area contributed by atoms with E-state index >= 15 is 0 Å². The van der Waals surface area contributed by atoms with E-state index in [-0.39, 0.29) is 18.4 Å². The standard InChI is InChI=1S/C32H45FN8O12.C7H3F5.C3H8S/c1-3-4-9-23(42)38-20(10-11-28(47)48)32(53)41(2)17-27(46)36-14-24(43)35-15-25(44)40-22(12-18-7-5-6-8-19(18)33)31(52)37-16-26(45)39-21(30(34)51)13-29(49)50;1-2-3(8)5(10)7(12)6(11)4(2)9;1-3-4-2/h5-8,20-22H,3-4,9-17H2,1-2H3,(H2,34,51)(H,35,43)(H,36,46)(H,37,52)(H,38,42)(H,39,45)(H,40,44)(H,47,48)(H,49,50);1H3;3H2,1-2H3/t20-,21-,22?;;/m0../s1. The number of aliphatic carboxylic acids is 2. The second-order valence-electron chi connectivity index (χ2n) is 14.4. The number of benzene rings is 2. The van der Waals surface area contributed by atoms with Gasteiger partial charge < -0.3 is 52.7 Å². The lowest BCUT2D eigenvalue weighted by molar-refractivity contribution is -0.141. The molecular weight excluding hydrogens is 955 g/mol. The molecule has 0 bridgehead atoms. The molecule has 8 amide bonds. The van der Waals surface area contributed by atoms with Crippen molar-refractivity contribution < 1.29 is 84.5 Å². The van der Waals surface area contributed by atoms with E-state index in [1.54, 1.807) is 0 Å². The summed E-state index contributed by atoms with van der Waals surface area (Å²) in [5.74, 6) is -18.5. The summed E-state index contributed by atoms with van der Waals surface area (Å²) in [7, 11) is 1.25. The number of halogens is 6. The maximum absolute atomic E-state index is 14.4. The Morgan fingerprint density at radius 3 is 1.67 bits per heavy atom. The molecule has 20 nitrogen and oxygen atoms in total. The average Bonchev–Trinajstić information content (AvgIpc) is 3.30. The molecule has 69 heavy (non-hydrogen) atoms. The van der Waals surface area contributed by atoms with Gasteiger partial charge in [-0.3, -0.25) is 47.9 Å². The first kappa shape index (κ1) is 62.1. The second kappa shape index (κ2) is 32.7. The van der Waals surface area contributed by atoms with Crippen LogP contribution in [0.15, 0.2) is 24.3 Å². The third-order valence-electron chi connectivity index (χ3n) is 8.92. The lowest BCUT2D eigenvalue weighted by atomic mass is 10.0. The Kier molecular flexibility index (Phi) is 29.4. The minimum atomic E-state index is -2.13. The molecule has 0 saturated carbocycles. The van der Waals surface area contributed by atoms with Gasteiger partial charge in [0.05, 0.1) is 32.6 Å². The summed E-state index contributed by atoms with van der Waals surface area (Å²) < 4.78 is 75.9. The Labute approximate surface area is 396 Å². The number of nitrogens with two attached hydrogens (primary N) is 1. The van der Waals surface area contributed by atoms with Crippen LogP contribution in [0.3, 0.4) is 0 Å². The monoisotopic (exact) mass is 1010 g/mol. The fraction of sp³-hybridized carbons (Fsp3) is 0.476. The van der Waals surface area contributed by atoms with Crippen LogP contribution in [0.5, 0.6) is 0 Å². The van der Waals surface area contributed by atoms with Crippen LogP contribution in [-0.4, -0.2) is 138 Å². The highest BCUT2D eigenvalue weighted by molar-refractivity contribution is 7.98. The van der Waals surface area contributed by atoms with Gasteiger partial charge in [-0.05, 0) is 43.4 Å². The van der Waals surface area contributed by atoms with Crippen LogP contribution in [0.2, 0.25) is 0 Å².